The highest BCUT2D eigenvalue weighted by Crippen LogP contribution is 2.17. The third-order valence-corrected chi connectivity index (χ3v) is 2.63. The van der Waals surface area contributed by atoms with E-state index in [4.69, 9.17) is 10.5 Å². The molecule has 0 spiro atoms. The normalized spacial score (nSPS) is 27.2. The fourth-order valence-electron chi connectivity index (χ4n) is 1.68. The van der Waals surface area contributed by atoms with Crippen molar-refractivity contribution in [1.82, 2.24) is 5.32 Å². The van der Waals surface area contributed by atoms with Gasteiger partial charge in [0.2, 0.25) is 0 Å². The maximum Gasteiger partial charge on any atom is 0.0462 e. The van der Waals surface area contributed by atoms with Gasteiger partial charge in [0, 0.05) is 25.8 Å². The van der Waals surface area contributed by atoms with Gasteiger partial charge in [0.05, 0.1) is 0 Å². The van der Waals surface area contributed by atoms with Gasteiger partial charge < -0.3 is 15.8 Å². The summed E-state index contributed by atoms with van der Waals surface area (Å²) < 4.78 is 4.98. The molecule has 1 saturated carbocycles. The molecule has 3 nitrogen and oxygen atoms in total. The molecule has 1 rings (SSSR count). The van der Waals surface area contributed by atoms with E-state index >= 15 is 0 Å². The van der Waals surface area contributed by atoms with Crippen LogP contribution in [0.1, 0.15) is 32.1 Å². The maximum atomic E-state index is 5.68. The Labute approximate surface area is 81.0 Å². The van der Waals surface area contributed by atoms with Gasteiger partial charge in [0.15, 0.2) is 0 Å². The minimum atomic E-state index is 0.464. The van der Waals surface area contributed by atoms with Crippen molar-refractivity contribution in [1.29, 1.82) is 0 Å². The van der Waals surface area contributed by atoms with Crippen LogP contribution >= 0.6 is 0 Å². The van der Waals surface area contributed by atoms with E-state index in [1.165, 1.54) is 19.3 Å². The molecule has 0 aromatic heterocycles. The van der Waals surface area contributed by atoms with Crippen molar-refractivity contribution in [3.05, 3.63) is 0 Å². The predicted molar refractivity (Wildman–Crippen MR) is 54.7 cm³/mol. The van der Waals surface area contributed by atoms with Crippen LogP contribution in [0.3, 0.4) is 0 Å². The second-order valence-electron chi connectivity index (χ2n) is 3.94. The second kappa shape index (κ2) is 6.35. The highest BCUT2D eigenvalue weighted by atomic mass is 16.5. The molecule has 0 aromatic rings. The lowest BCUT2D eigenvalue weighted by Crippen LogP contribution is -2.48. The quantitative estimate of drug-likeness (QED) is 0.580. The van der Waals surface area contributed by atoms with Crippen molar-refractivity contribution in [2.45, 2.75) is 44.2 Å². The van der Waals surface area contributed by atoms with Gasteiger partial charge in [0.1, 0.15) is 0 Å². The molecule has 78 valence electrons. The molecular formula is C10H22N2O. The molecule has 3 N–H and O–H groups in total. The Morgan fingerprint density at radius 1 is 1.31 bits per heavy atom. The number of hydrogen-bond donors (Lipinski definition) is 2. The van der Waals surface area contributed by atoms with Gasteiger partial charge in [-0.15, -0.1) is 0 Å². The molecule has 0 aliphatic heterocycles. The molecule has 0 heterocycles. The fraction of sp³-hybridized carbons (Fsp3) is 1.00. The van der Waals surface area contributed by atoms with Crippen LogP contribution in [0.2, 0.25) is 0 Å². The molecule has 0 amide bonds. The molecule has 13 heavy (non-hydrogen) atoms. The standard InChI is InChI=1S/C10H22N2O/c1-13-6-4-2-3-5-12-10-7-9(11)8-10/h9-10,12H,2-8,11H2,1H3. The summed E-state index contributed by atoms with van der Waals surface area (Å²) in [4.78, 5) is 0. The summed E-state index contributed by atoms with van der Waals surface area (Å²) in [6.07, 6.45) is 6.03. The van der Waals surface area contributed by atoms with Crippen molar-refractivity contribution in [2.24, 2.45) is 5.73 Å². The highest BCUT2D eigenvalue weighted by molar-refractivity contribution is 4.87. The van der Waals surface area contributed by atoms with Gasteiger partial charge in [-0.3, -0.25) is 0 Å². The molecule has 1 aliphatic rings. The van der Waals surface area contributed by atoms with Gasteiger partial charge in [-0.2, -0.15) is 0 Å². The molecule has 0 radical (unpaired) electrons. The second-order valence-corrected chi connectivity index (χ2v) is 3.94. The van der Waals surface area contributed by atoms with E-state index in [0.29, 0.717) is 12.1 Å². The number of methoxy groups -OCH3 is 1. The van der Waals surface area contributed by atoms with E-state index in [9.17, 15) is 0 Å². The van der Waals surface area contributed by atoms with Crippen molar-refractivity contribution in [2.75, 3.05) is 20.3 Å². The van der Waals surface area contributed by atoms with Crippen molar-refractivity contribution in [3.63, 3.8) is 0 Å². The third-order valence-electron chi connectivity index (χ3n) is 2.63. The van der Waals surface area contributed by atoms with Gasteiger partial charge in [-0.1, -0.05) is 0 Å². The third kappa shape index (κ3) is 4.60. The van der Waals surface area contributed by atoms with Crippen LogP contribution in [0, 0.1) is 0 Å². The number of nitrogens with one attached hydrogen (secondary N) is 1. The van der Waals surface area contributed by atoms with Gasteiger partial charge in [0.25, 0.3) is 0 Å². The predicted octanol–water partition coefficient (Wildman–Crippen LogP) is 0.882. The average molecular weight is 186 g/mol. The van der Waals surface area contributed by atoms with E-state index in [1.807, 2.05) is 0 Å². The lowest BCUT2D eigenvalue weighted by Gasteiger charge is -2.33. The lowest BCUT2D eigenvalue weighted by atomic mass is 9.87. The Morgan fingerprint density at radius 3 is 2.69 bits per heavy atom. The number of unbranched alkanes of at least 4 members (excludes halogenated alkanes) is 2. The van der Waals surface area contributed by atoms with Crippen LogP contribution in [0.5, 0.6) is 0 Å². The van der Waals surface area contributed by atoms with Crippen molar-refractivity contribution < 1.29 is 4.74 Å². The molecule has 0 unspecified atom stereocenters. The first-order chi connectivity index (χ1) is 6.33. The summed E-state index contributed by atoms with van der Waals surface area (Å²) in [5.74, 6) is 0. The summed E-state index contributed by atoms with van der Waals surface area (Å²) in [6, 6.07) is 1.17. The minimum absolute atomic E-state index is 0.464. The first kappa shape index (κ1) is 11.0. The molecule has 0 aromatic carbocycles. The van der Waals surface area contributed by atoms with Crippen LogP contribution in [-0.2, 0) is 4.74 Å². The summed E-state index contributed by atoms with van der Waals surface area (Å²) in [6.45, 7) is 2.04. The molecule has 3 heteroatoms. The SMILES string of the molecule is COCCCCCNC1CC(N)C1. The Kier molecular flexibility index (Phi) is 5.35. The largest absolute Gasteiger partial charge is 0.385 e. The Balaban J connectivity index is 1.74. The molecule has 0 atom stereocenters. The number of ether oxygens (including phenoxy) is 1. The van der Waals surface area contributed by atoms with Crippen molar-refractivity contribution >= 4 is 0 Å². The zero-order valence-electron chi connectivity index (χ0n) is 8.59. The van der Waals surface area contributed by atoms with Crippen LogP contribution in [0.25, 0.3) is 0 Å². The fourth-order valence-corrected chi connectivity index (χ4v) is 1.68. The van der Waals surface area contributed by atoms with Gasteiger partial charge in [-0.05, 0) is 38.6 Å². The van der Waals surface area contributed by atoms with Crippen LogP contribution < -0.4 is 11.1 Å². The van der Waals surface area contributed by atoms with E-state index in [0.717, 1.165) is 26.0 Å². The monoisotopic (exact) mass is 186 g/mol. The molecule has 0 bridgehead atoms. The lowest BCUT2D eigenvalue weighted by molar-refractivity contribution is 0.191. The summed E-state index contributed by atoms with van der Waals surface area (Å²) in [5, 5.41) is 3.51. The Morgan fingerprint density at radius 2 is 2.08 bits per heavy atom. The van der Waals surface area contributed by atoms with Crippen molar-refractivity contribution in [3.8, 4) is 0 Å². The molecule has 0 saturated heterocycles. The number of nitrogens with two attached hydrogens (primary N) is 1. The van der Waals surface area contributed by atoms with E-state index in [1.54, 1.807) is 7.11 Å². The average Bonchev–Trinajstić information content (AvgIpc) is 2.07. The zero-order valence-corrected chi connectivity index (χ0v) is 8.59. The number of hydrogen-bond acceptors (Lipinski definition) is 3. The maximum absolute atomic E-state index is 5.68. The molecule has 1 aliphatic carbocycles. The first-order valence-electron chi connectivity index (χ1n) is 5.31. The van der Waals surface area contributed by atoms with Crippen LogP contribution in [0.15, 0.2) is 0 Å². The Hall–Kier alpha value is -0.120. The van der Waals surface area contributed by atoms with E-state index in [2.05, 4.69) is 5.32 Å². The van der Waals surface area contributed by atoms with Crippen LogP contribution in [0.4, 0.5) is 0 Å². The van der Waals surface area contributed by atoms with Crippen LogP contribution in [-0.4, -0.2) is 32.3 Å². The smallest absolute Gasteiger partial charge is 0.0462 e. The molecular weight excluding hydrogens is 164 g/mol. The van der Waals surface area contributed by atoms with E-state index < -0.39 is 0 Å². The van der Waals surface area contributed by atoms with Gasteiger partial charge in [-0.25, -0.2) is 0 Å². The minimum Gasteiger partial charge on any atom is -0.385 e. The van der Waals surface area contributed by atoms with Gasteiger partial charge >= 0.3 is 0 Å². The summed E-state index contributed by atoms with van der Waals surface area (Å²) >= 11 is 0. The first-order valence-corrected chi connectivity index (χ1v) is 5.31. The summed E-state index contributed by atoms with van der Waals surface area (Å²) in [7, 11) is 1.76. The molecule has 1 fully saturated rings. The Bertz CT molecular complexity index is 124. The summed E-state index contributed by atoms with van der Waals surface area (Å²) in [5.41, 5.74) is 5.68. The highest BCUT2D eigenvalue weighted by Gasteiger charge is 2.24. The van der Waals surface area contributed by atoms with E-state index in [-0.39, 0.29) is 0 Å². The number of rotatable bonds is 7. The zero-order chi connectivity index (χ0) is 9.52. The topological polar surface area (TPSA) is 47.3 Å².